The molecule has 1 aromatic rings. The van der Waals surface area contributed by atoms with Gasteiger partial charge in [-0.15, -0.1) is 11.8 Å². The number of rotatable bonds is 0. The van der Waals surface area contributed by atoms with Gasteiger partial charge in [0.15, 0.2) is 0 Å². The van der Waals surface area contributed by atoms with Gasteiger partial charge in [-0.3, -0.25) is 0 Å². The van der Waals surface area contributed by atoms with E-state index >= 15 is 0 Å². The number of thioether (sulfide) groups is 1. The summed E-state index contributed by atoms with van der Waals surface area (Å²) in [6.45, 7) is 7.89. The number of carbonyl (C=O) groups is 1. The average molecular weight is 400 g/mol. The second-order valence-electron chi connectivity index (χ2n) is 6.89. The number of nitrogens with zero attached hydrogens (tertiary/aromatic N) is 3. The average Bonchev–Trinajstić information content (AvgIpc) is 2.63. The second kappa shape index (κ2) is 6.51. The predicted octanol–water partition coefficient (Wildman–Crippen LogP) is 3.77. The third kappa shape index (κ3) is 3.94. The number of hydrogen-bond donors (Lipinski definition) is 0. The molecule has 1 aromatic heterocycles. The SMILES string of the molecule is CC(C)(C)OC(=O)N1CCN2c3ncc(Br)cc3SCCC2C1. The third-order valence-electron chi connectivity index (χ3n) is 3.91. The van der Waals surface area contributed by atoms with Crippen LogP contribution in [0.1, 0.15) is 27.2 Å². The Bertz CT molecular complexity index is 605. The Kier molecular flexibility index (Phi) is 4.78. The molecule has 1 unspecified atom stereocenters. The smallest absolute Gasteiger partial charge is 0.410 e. The van der Waals surface area contributed by atoms with Crippen LogP contribution in [-0.4, -0.2) is 53.0 Å². The highest BCUT2D eigenvalue weighted by molar-refractivity contribution is 9.10. The first-order chi connectivity index (χ1) is 10.8. The van der Waals surface area contributed by atoms with E-state index in [-0.39, 0.29) is 6.09 Å². The molecule has 1 saturated heterocycles. The number of anilines is 1. The van der Waals surface area contributed by atoms with Gasteiger partial charge in [0, 0.05) is 42.1 Å². The Labute approximate surface area is 149 Å². The molecular weight excluding hydrogens is 378 g/mol. The number of halogens is 1. The topological polar surface area (TPSA) is 45.7 Å². The van der Waals surface area contributed by atoms with Crippen LogP contribution in [0.15, 0.2) is 21.6 Å². The summed E-state index contributed by atoms with van der Waals surface area (Å²) in [5, 5.41) is 0. The van der Waals surface area contributed by atoms with Crippen molar-refractivity contribution in [2.24, 2.45) is 0 Å². The number of fused-ring (bicyclic) bond motifs is 3. The molecule has 0 spiro atoms. The maximum atomic E-state index is 12.3. The molecule has 0 radical (unpaired) electrons. The molecule has 3 rings (SSSR count). The van der Waals surface area contributed by atoms with Crippen LogP contribution in [0.3, 0.4) is 0 Å². The zero-order chi connectivity index (χ0) is 16.6. The summed E-state index contributed by atoms with van der Waals surface area (Å²) in [4.78, 5) is 22.3. The van der Waals surface area contributed by atoms with Crippen LogP contribution in [0.4, 0.5) is 10.6 Å². The van der Waals surface area contributed by atoms with Gasteiger partial charge in [0.25, 0.3) is 0 Å². The molecule has 0 aliphatic carbocycles. The van der Waals surface area contributed by atoms with Crippen LogP contribution < -0.4 is 4.90 Å². The summed E-state index contributed by atoms with van der Waals surface area (Å²) in [6, 6.07) is 2.44. The van der Waals surface area contributed by atoms with Crippen molar-refractivity contribution in [1.82, 2.24) is 9.88 Å². The number of carbonyl (C=O) groups excluding carboxylic acids is 1. The minimum Gasteiger partial charge on any atom is -0.444 e. The van der Waals surface area contributed by atoms with Crippen LogP contribution in [0.2, 0.25) is 0 Å². The fourth-order valence-electron chi connectivity index (χ4n) is 2.91. The van der Waals surface area contributed by atoms with Crippen LogP contribution in [0.5, 0.6) is 0 Å². The van der Waals surface area contributed by atoms with Crippen molar-refractivity contribution < 1.29 is 9.53 Å². The molecule has 7 heteroatoms. The lowest BCUT2D eigenvalue weighted by atomic mass is 10.1. The minimum absolute atomic E-state index is 0.210. The Morgan fingerprint density at radius 3 is 2.96 bits per heavy atom. The van der Waals surface area contributed by atoms with E-state index in [2.05, 4.69) is 31.9 Å². The van der Waals surface area contributed by atoms with E-state index < -0.39 is 5.60 Å². The van der Waals surface area contributed by atoms with Gasteiger partial charge in [0.2, 0.25) is 0 Å². The summed E-state index contributed by atoms with van der Waals surface area (Å²) in [6.07, 6.45) is 2.68. The monoisotopic (exact) mass is 399 g/mol. The van der Waals surface area contributed by atoms with E-state index in [1.54, 1.807) is 0 Å². The highest BCUT2D eigenvalue weighted by Gasteiger charge is 2.34. The Morgan fingerprint density at radius 1 is 1.43 bits per heavy atom. The highest BCUT2D eigenvalue weighted by Crippen LogP contribution is 2.37. The van der Waals surface area contributed by atoms with Crippen molar-refractivity contribution in [2.45, 2.75) is 43.7 Å². The molecule has 126 valence electrons. The van der Waals surface area contributed by atoms with Crippen molar-refractivity contribution >= 4 is 39.6 Å². The van der Waals surface area contributed by atoms with Gasteiger partial charge >= 0.3 is 6.09 Å². The normalized spacial score (nSPS) is 21.3. The lowest BCUT2D eigenvalue weighted by molar-refractivity contribution is 0.0213. The highest BCUT2D eigenvalue weighted by atomic mass is 79.9. The number of aromatic nitrogens is 1. The molecule has 0 bridgehead atoms. The van der Waals surface area contributed by atoms with Gasteiger partial charge in [-0.25, -0.2) is 9.78 Å². The zero-order valence-electron chi connectivity index (χ0n) is 13.7. The first-order valence-corrected chi connectivity index (χ1v) is 9.64. The quantitative estimate of drug-likeness (QED) is 0.664. The minimum atomic E-state index is -0.450. The maximum Gasteiger partial charge on any atom is 0.410 e. The fourth-order valence-corrected chi connectivity index (χ4v) is 4.52. The largest absolute Gasteiger partial charge is 0.444 e. The molecule has 0 aromatic carbocycles. The van der Waals surface area contributed by atoms with Crippen molar-refractivity contribution in [2.75, 3.05) is 30.3 Å². The summed E-state index contributed by atoms with van der Waals surface area (Å²) in [7, 11) is 0. The number of amides is 1. The summed E-state index contributed by atoms with van der Waals surface area (Å²) >= 11 is 5.34. The van der Waals surface area contributed by atoms with Crippen molar-refractivity contribution in [3.05, 3.63) is 16.7 Å². The van der Waals surface area contributed by atoms with Gasteiger partial charge in [-0.05, 0) is 49.2 Å². The molecule has 1 atom stereocenters. The van der Waals surface area contributed by atoms with Crippen LogP contribution in [0.25, 0.3) is 0 Å². The molecule has 3 heterocycles. The summed E-state index contributed by atoms with van der Waals surface area (Å²) in [5.41, 5.74) is -0.450. The van der Waals surface area contributed by atoms with Crippen molar-refractivity contribution in [3.8, 4) is 0 Å². The molecular formula is C16H22BrN3O2S. The Balaban J connectivity index is 1.75. The molecule has 2 aliphatic rings. The van der Waals surface area contributed by atoms with Crippen molar-refractivity contribution in [3.63, 3.8) is 0 Å². The van der Waals surface area contributed by atoms with E-state index in [0.717, 1.165) is 29.0 Å². The van der Waals surface area contributed by atoms with Crippen molar-refractivity contribution in [1.29, 1.82) is 0 Å². The first kappa shape index (κ1) is 16.9. The summed E-state index contributed by atoms with van der Waals surface area (Å²) in [5.74, 6) is 2.08. The van der Waals surface area contributed by atoms with Gasteiger partial charge in [0.1, 0.15) is 11.4 Å². The zero-order valence-corrected chi connectivity index (χ0v) is 16.1. The number of pyridine rings is 1. The van der Waals surface area contributed by atoms with E-state index in [1.165, 1.54) is 4.90 Å². The van der Waals surface area contributed by atoms with Gasteiger partial charge < -0.3 is 14.5 Å². The van der Waals surface area contributed by atoms with Gasteiger partial charge in [-0.1, -0.05) is 0 Å². The van der Waals surface area contributed by atoms with Gasteiger partial charge in [-0.2, -0.15) is 0 Å². The van der Waals surface area contributed by atoms with Gasteiger partial charge in [0.05, 0.1) is 4.90 Å². The predicted molar refractivity (Wildman–Crippen MR) is 96.2 cm³/mol. The van der Waals surface area contributed by atoms with Crippen LogP contribution >= 0.6 is 27.7 Å². The molecule has 0 N–H and O–H groups in total. The third-order valence-corrected chi connectivity index (χ3v) is 5.40. The number of piperazine rings is 1. The molecule has 0 saturated carbocycles. The lowest BCUT2D eigenvalue weighted by Crippen LogP contribution is -2.55. The van der Waals surface area contributed by atoms with Crippen LogP contribution in [0, 0.1) is 0 Å². The van der Waals surface area contributed by atoms with E-state index in [9.17, 15) is 4.79 Å². The summed E-state index contributed by atoms with van der Waals surface area (Å²) < 4.78 is 6.52. The van der Waals surface area contributed by atoms with E-state index in [1.807, 2.05) is 43.6 Å². The Hall–Kier alpha value is -0.950. The molecule has 2 aliphatic heterocycles. The number of ether oxygens (including phenoxy) is 1. The maximum absolute atomic E-state index is 12.3. The Morgan fingerprint density at radius 2 is 2.22 bits per heavy atom. The lowest BCUT2D eigenvalue weighted by Gasteiger charge is -2.41. The standard InChI is InChI=1S/C16H22BrN3O2S/c1-16(2,3)22-15(21)19-5-6-20-12(10-19)4-7-23-13-8-11(17)9-18-14(13)20/h8-9,12H,4-7,10H2,1-3H3. The molecule has 23 heavy (non-hydrogen) atoms. The number of hydrogen-bond acceptors (Lipinski definition) is 5. The van der Waals surface area contributed by atoms with E-state index in [0.29, 0.717) is 19.1 Å². The molecule has 1 fully saturated rings. The molecule has 5 nitrogen and oxygen atoms in total. The molecule has 1 amide bonds. The first-order valence-electron chi connectivity index (χ1n) is 7.86. The second-order valence-corrected chi connectivity index (χ2v) is 8.94. The van der Waals surface area contributed by atoms with Crippen LogP contribution in [-0.2, 0) is 4.74 Å². The fraction of sp³-hybridized carbons (Fsp3) is 0.625. The van der Waals surface area contributed by atoms with E-state index in [4.69, 9.17) is 4.74 Å².